The first-order valence-electron chi connectivity index (χ1n) is 7.26. The molecule has 0 fully saturated rings. The summed E-state index contributed by atoms with van der Waals surface area (Å²) in [4.78, 5) is 0. The lowest BCUT2D eigenvalue weighted by Crippen LogP contribution is -2.14. The highest BCUT2D eigenvalue weighted by atomic mass is 19.1. The minimum absolute atomic E-state index is 0.246. The minimum Gasteiger partial charge on any atom is -0.456 e. The topological polar surface area (TPSA) is 25.2 Å². The maximum atomic E-state index is 13.6. The molecule has 0 amide bonds. The number of hydrogen-bond acceptors (Lipinski definition) is 2. The van der Waals surface area contributed by atoms with Crippen molar-refractivity contribution >= 4 is 11.0 Å². The Kier molecular flexibility index (Phi) is 4.02. The van der Waals surface area contributed by atoms with E-state index >= 15 is 0 Å². The molecule has 21 heavy (non-hydrogen) atoms. The normalized spacial score (nSPS) is 11.1. The minimum atomic E-state index is -0.246. The summed E-state index contributed by atoms with van der Waals surface area (Å²) in [5, 5.41) is 4.38. The predicted molar refractivity (Wildman–Crippen MR) is 83.6 cm³/mol. The Balaban J connectivity index is 2.00. The molecule has 0 aliphatic rings. The van der Waals surface area contributed by atoms with Crippen LogP contribution in [0.2, 0.25) is 0 Å². The first kappa shape index (κ1) is 13.8. The molecule has 3 heteroatoms. The summed E-state index contributed by atoms with van der Waals surface area (Å²) in [7, 11) is 0. The fraction of sp³-hybridized carbons (Fsp3) is 0.222. The van der Waals surface area contributed by atoms with Crippen LogP contribution in [0.25, 0.3) is 22.3 Å². The summed E-state index contributed by atoms with van der Waals surface area (Å²) >= 11 is 0. The second kappa shape index (κ2) is 6.10. The summed E-state index contributed by atoms with van der Waals surface area (Å²) in [5.41, 5.74) is 2.68. The molecule has 0 saturated heterocycles. The molecule has 1 aromatic heterocycles. The molecule has 0 bridgehead atoms. The van der Waals surface area contributed by atoms with Crippen LogP contribution >= 0.6 is 0 Å². The summed E-state index contributed by atoms with van der Waals surface area (Å²) in [5.74, 6) is 0.466. The number of para-hydroxylation sites is 1. The number of rotatable bonds is 5. The molecule has 0 aliphatic heterocycles. The van der Waals surface area contributed by atoms with Crippen molar-refractivity contribution in [3.05, 3.63) is 59.9 Å². The largest absolute Gasteiger partial charge is 0.456 e. The molecule has 0 saturated carbocycles. The fourth-order valence-corrected chi connectivity index (χ4v) is 2.45. The van der Waals surface area contributed by atoms with Gasteiger partial charge >= 0.3 is 0 Å². The fourth-order valence-electron chi connectivity index (χ4n) is 2.45. The number of fused-ring (bicyclic) bond motifs is 1. The average Bonchev–Trinajstić information content (AvgIpc) is 2.92. The Hall–Kier alpha value is -2.13. The first-order chi connectivity index (χ1) is 10.3. The van der Waals surface area contributed by atoms with Gasteiger partial charge in [-0.25, -0.2) is 4.39 Å². The number of benzene rings is 2. The molecule has 2 aromatic carbocycles. The standard InChI is InChI=1S/C18H18FNO/c1-2-9-20-12-14-7-8-15(19)11-16(14)18-10-13-5-3-4-6-17(13)21-18/h3-8,10-11,20H,2,9,12H2,1H3. The molecule has 2 nitrogen and oxygen atoms in total. The SMILES string of the molecule is CCCNCc1ccc(F)cc1-c1cc2ccccc2o1. The van der Waals surface area contributed by atoms with Crippen molar-refractivity contribution in [1.82, 2.24) is 5.32 Å². The van der Waals surface area contributed by atoms with E-state index in [2.05, 4.69) is 12.2 Å². The van der Waals surface area contributed by atoms with Gasteiger partial charge in [-0.15, -0.1) is 0 Å². The zero-order valence-corrected chi connectivity index (χ0v) is 12.0. The van der Waals surface area contributed by atoms with Crippen LogP contribution in [0, 0.1) is 5.82 Å². The highest BCUT2D eigenvalue weighted by Crippen LogP contribution is 2.30. The third-order valence-corrected chi connectivity index (χ3v) is 3.51. The van der Waals surface area contributed by atoms with E-state index in [0.717, 1.165) is 35.1 Å². The molecule has 108 valence electrons. The summed E-state index contributed by atoms with van der Waals surface area (Å²) in [6.45, 7) is 3.77. The maximum absolute atomic E-state index is 13.6. The van der Waals surface area contributed by atoms with Gasteiger partial charge in [0.05, 0.1) is 0 Å². The van der Waals surface area contributed by atoms with E-state index in [4.69, 9.17) is 4.42 Å². The van der Waals surface area contributed by atoms with Gasteiger partial charge in [0.2, 0.25) is 0 Å². The van der Waals surface area contributed by atoms with E-state index in [1.54, 1.807) is 6.07 Å². The molecular weight excluding hydrogens is 265 g/mol. The summed E-state index contributed by atoms with van der Waals surface area (Å²) in [6.07, 6.45) is 1.07. The molecule has 1 heterocycles. The number of nitrogens with one attached hydrogen (secondary N) is 1. The lowest BCUT2D eigenvalue weighted by atomic mass is 10.0. The number of furan rings is 1. The molecule has 1 N–H and O–H groups in total. The Labute approximate surface area is 123 Å². The van der Waals surface area contributed by atoms with Gasteiger partial charge in [0, 0.05) is 17.5 Å². The van der Waals surface area contributed by atoms with Crippen LogP contribution in [0.15, 0.2) is 52.9 Å². The van der Waals surface area contributed by atoms with Gasteiger partial charge in [-0.1, -0.05) is 31.2 Å². The Morgan fingerprint density at radius 1 is 1.10 bits per heavy atom. The average molecular weight is 283 g/mol. The maximum Gasteiger partial charge on any atom is 0.135 e. The lowest BCUT2D eigenvalue weighted by molar-refractivity contribution is 0.612. The van der Waals surface area contributed by atoms with Crippen molar-refractivity contribution in [1.29, 1.82) is 0 Å². The highest BCUT2D eigenvalue weighted by molar-refractivity contribution is 5.83. The molecule has 3 rings (SSSR count). The van der Waals surface area contributed by atoms with Crippen LogP contribution in [-0.2, 0) is 6.54 Å². The van der Waals surface area contributed by atoms with Gasteiger partial charge in [-0.2, -0.15) is 0 Å². The van der Waals surface area contributed by atoms with E-state index in [9.17, 15) is 4.39 Å². The predicted octanol–water partition coefficient (Wildman–Crippen LogP) is 4.74. The molecule has 0 aliphatic carbocycles. The van der Waals surface area contributed by atoms with Gasteiger partial charge in [0.25, 0.3) is 0 Å². The van der Waals surface area contributed by atoms with E-state index in [-0.39, 0.29) is 5.82 Å². The van der Waals surface area contributed by atoms with Crippen LogP contribution in [0.3, 0.4) is 0 Å². The van der Waals surface area contributed by atoms with Crippen molar-refractivity contribution in [3.8, 4) is 11.3 Å². The van der Waals surface area contributed by atoms with Crippen molar-refractivity contribution < 1.29 is 8.81 Å². The molecular formula is C18H18FNO. The van der Waals surface area contributed by atoms with Gasteiger partial charge in [-0.3, -0.25) is 0 Å². The summed E-state index contributed by atoms with van der Waals surface area (Å²) in [6, 6.07) is 14.6. The van der Waals surface area contributed by atoms with Crippen molar-refractivity contribution in [2.75, 3.05) is 6.54 Å². The van der Waals surface area contributed by atoms with Crippen LogP contribution in [-0.4, -0.2) is 6.54 Å². The van der Waals surface area contributed by atoms with E-state index in [0.29, 0.717) is 12.3 Å². The third-order valence-electron chi connectivity index (χ3n) is 3.51. The van der Waals surface area contributed by atoms with Crippen LogP contribution in [0.4, 0.5) is 4.39 Å². The van der Waals surface area contributed by atoms with Gasteiger partial charge in [-0.05, 0) is 42.8 Å². The molecule has 0 spiro atoms. The highest BCUT2D eigenvalue weighted by Gasteiger charge is 2.11. The smallest absolute Gasteiger partial charge is 0.135 e. The van der Waals surface area contributed by atoms with Crippen molar-refractivity contribution in [3.63, 3.8) is 0 Å². The van der Waals surface area contributed by atoms with E-state index in [1.165, 1.54) is 6.07 Å². The van der Waals surface area contributed by atoms with E-state index in [1.807, 2.05) is 36.4 Å². The quantitative estimate of drug-likeness (QED) is 0.684. The van der Waals surface area contributed by atoms with Crippen molar-refractivity contribution in [2.24, 2.45) is 0 Å². The second-order valence-electron chi connectivity index (χ2n) is 5.13. The lowest BCUT2D eigenvalue weighted by Gasteiger charge is -2.08. The zero-order chi connectivity index (χ0) is 14.7. The number of hydrogen-bond donors (Lipinski definition) is 1. The van der Waals surface area contributed by atoms with Gasteiger partial charge in [0.1, 0.15) is 17.2 Å². The van der Waals surface area contributed by atoms with Gasteiger partial charge < -0.3 is 9.73 Å². The zero-order valence-electron chi connectivity index (χ0n) is 12.0. The number of halogens is 1. The summed E-state index contributed by atoms with van der Waals surface area (Å²) < 4.78 is 19.5. The van der Waals surface area contributed by atoms with Crippen LogP contribution < -0.4 is 5.32 Å². The molecule has 0 radical (unpaired) electrons. The van der Waals surface area contributed by atoms with Crippen LogP contribution in [0.1, 0.15) is 18.9 Å². The van der Waals surface area contributed by atoms with E-state index < -0.39 is 0 Å². The molecule has 0 unspecified atom stereocenters. The Bertz CT molecular complexity index is 715. The molecule has 0 atom stereocenters. The van der Waals surface area contributed by atoms with Gasteiger partial charge in [0.15, 0.2) is 0 Å². The Morgan fingerprint density at radius 3 is 2.76 bits per heavy atom. The molecule has 3 aromatic rings. The Morgan fingerprint density at radius 2 is 1.95 bits per heavy atom. The van der Waals surface area contributed by atoms with Crippen LogP contribution in [0.5, 0.6) is 0 Å². The monoisotopic (exact) mass is 283 g/mol. The third kappa shape index (κ3) is 2.98. The first-order valence-corrected chi connectivity index (χ1v) is 7.26. The van der Waals surface area contributed by atoms with Crippen molar-refractivity contribution in [2.45, 2.75) is 19.9 Å². The second-order valence-corrected chi connectivity index (χ2v) is 5.13.